The van der Waals surface area contributed by atoms with Crippen LogP contribution in [0.3, 0.4) is 0 Å². The van der Waals surface area contributed by atoms with Crippen molar-refractivity contribution < 1.29 is 22.7 Å². The molecule has 0 unspecified atom stereocenters. The molecule has 1 saturated carbocycles. The molecule has 0 bridgehead atoms. The first kappa shape index (κ1) is 16.6. The molecule has 1 heterocycles. The van der Waals surface area contributed by atoms with E-state index in [1.54, 1.807) is 30.3 Å². The van der Waals surface area contributed by atoms with E-state index in [4.69, 9.17) is 9.47 Å². The van der Waals surface area contributed by atoms with Crippen LogP contribution >= 0.6 is 0 Å². The summed E-state index contributed by atoms with van der Waals surface area (Å²) in [4.78, 5) is 11.8. The zero-order chi connectivity index (χ0) is 18.5. The number of aryl methyl sites for hydroxylation is 1. The van der Waals surface area contributed by atoms with Gasteiger partial charge in [-0.3, -0.25) is 0 Å². The van der Waals surface area contributed by atoms with Gasteiger partial charge in [0.1, 0.15) is 17.0 Å². The molecular weight excluding hydrogens is 354 g/mol. The predicted octanol–water partition coefficient (Wildman–Crippen LogP) is 2.37. The van der Waals surface area contributed by atoms with E-state index in [-0.39, 0.29) is 11.7 Å². The molecule has 0 spiro atoms. The second-order valence-electron chi connectivity index (χ2n) is 6.53. The Balaban J connectivity index is 1.79. The molecule has 2 aromatic rings. The molecule has 0 saturated heterocycles. The quantitative estimate of drug-likeness (QED) is 0.768. The third kappa shape index (κ3) is 2.22. The highest BCUT2D eigenvalue weighted by molar-refractivity contribution is 7.92. The molecule has 3 atom stereocenters. The standard InChI is InChI=1S/C19H15NO5S/c1-12-2-5-14(6-3-12)26(22,23)18-17(19(18,9-20)10-21)13-4-7-15-16(8-13)25-11-24-15/h2-8,10,17-18H,11H2,1H3/t17-,18-,19-/m0/s1. The Morgan fingerprint density at radius 3 is 2.50 bits per heavy atom. The number of benzene rings is 2. The maximum absolute atomic E-state index is 13.1. The first-order chi connectivity index (χ1) is 12.4. The van der Waals surface area contributed by atoms with Crippen LogP contribution in [0.25, 0.3) is 0 Å². The Bertz CT molecular complexity index is 1040. The predicted molar refractivity (Wildman–Crippen MR) is 91.6 cm³/mol. The zero-order valence-electron chi connectivity index (χ0n) is 13.9. The van der Waals surface area contributed by atoms with Crippen molar-refractivity contribution in [2.45, 2.75) is 23.0 Å². The van der Waals surface area contributed by atoms with Gasteiger partial charge in [-0.05, 0) is 36.8 Å². The number of hydrogen-bond acceptors (Lipinski definition) is 6. The van der Waals surface area contributed by atoms with Gasteiger partial charge in [-0.25, -0.2) is 8.42 Å². The summed E-state index contributed by atoms with van der Waals surface area (Å²) < 4.78 is 36.8. The third-order valence-electron chi connectivity index (χ3n) is 5.01. The van der Waals surface area contributed by atoms with Crippen LogP contribution in [0, 0.1) is 23.7 Å². The zero-order valence-corrected chi connectivity index (χ0v) is 14.7. The van der Waals surface area contributed by atoms with E-state index in [1.807, 2.05) is 13.0 Å². The number of nitrogens with zero attached hydrogens (tertiary/aromatic N) is 1. The highest BCUT2D eigenvalue weighted by Gasteiger charge is 2.72. The molecule has 7 heteroatoms. The molecular formula is C19H15NO5S. The molecule has 26 heavy (non-hydrogen) atoms. The van der Waals surface area contributed by atoms with Crippen LogP contribution in [-0.4, -0.2) is 26.7 Å². The number of sulfone groups is 1. The van der Waals surface area contributed by atoms with Gasteiger partial charge in [0.15, 0.2) is 21.3 Å². The maximum atomic E-state index is 13.1. The van der Waals surface area contributed by atoms with Crippen molar-refractivity contribution in [2.24, 2.45) is 5.41 Å². The average Bonchev–Trinajstić information content (AvgIpc) is 3.12. The van der Waals surface area contributed by atoms with Crippen LogP contribution < -0.4 is 9.47 Å². The lowest BCUT2D eigenvalue weighted by molar-refractivity contribution is -0.110. The van der Waals surface area contributed by atoms with E-state index in [0.717, 1.165) is 5.56 Å². The summed E-state index contributed by atoms with van der Waals surface area (Å²) in [7, 11) is -3.85. The molecule has 0 amide bonds. The summed E-state index contributed by atoms with van der Waals surface area (Å²) in [5.41, 5.74) is -0.102. The summed E-state index contributed by atoms with van der Waals surface area (Å²) in [5, 5.41) is 8.48. The van der Waals surface area contributed by atoms with E-state index >= 15 is 0 Å². The summed E-state index contributed by atoms with van der Waals surface area (Å²) in [6.07, 6.45) is 0.457. The molecule has 6 nitrogen and oxygen atoms in total. The second-order valence-corrected chi connectivity index (χ2v) is 8.60. The normalized spacial score (nSPS) is 26.2. The van der Waals surface area contributed by atoms with Gasteiger partial charge in [0.2, 0.25) is 6.79 Å². The minimum absolute atomic E-state index is 0.0889. The fraction of sp³-hybridized carbons (Fsp3) is 0.263. The van der Waals surface area contributed by atoms with Gasteiger partial charge in [-0.1, -0.05) is 23.8 Å². The Morgan fingerprint density at radius 2 is 1.85 bits per heavy atom. The average molecular weight is 369 g/mol. The van der Waals surface area contributed by atoms with Gasteiger partial charge in [0.05, 0.1) is 11.0 Å². The fourth-order valence-electron chi connectivity index (χ4n) is 3.54. The Hall–Kier alpha value is -2.85. The van der Waals surface area contributed by atoms with Crippen LogP contribution in [0.2, 0.25) is 0 Å². The van der Waals surface area contributed by atoms with E-state index < -0.39 is 26.4 Å². The third-order valence-corrected chi connectivity index (χ3v) is 7.27. The Labute approximate surface area is 150 Å². The number of rotatable bonds is 4. The molecule has 2 aliphatic rings. The van der Waals surface area contributed by atoms with E-state index in [9.17, 15) is 18.5 Å². The van der Waals surface area contributed by atoms with Gasteiger partial charge in [0, 0.05) is 5.92 Å². The lowest BCUT2D eigenvalue weighted by atomic mass is 10.0. The van der Waals surface area contributed by atoms with E-state index in [2.05, 4.69) is 0 Å². The summed E-state index contributed by atoms with van der Waals surface area (Å²) in [6, 6.07) is 13.3. The van der Waals surface area contributed by atoms with Crippen molar-refractivity contribution >= 4 is 16.1 Å². The van der Waals surface area contributed by atoms with Crippen molar-refractivity contribution in [1.29, 1.82) is 5.26 Å². The van der Waals surface area contributed by atoms with Crippen molar-refractivity contribution in [3.8, 4) is 17.6 Å². The number of nitriles is 1. The minimum Gasteiger partial charge on any atom is -0.454 e. The number of fused-ring (bicyclic) bond motifs is 1. The topological polar surface area (TPSA) is 93.5 Å². The van der Waals surface area contributed by atoms with Crippen LogP contribution in [0.4, 0.5) is 0 Å². The van der Waals surface area contributed by atoms with Gasteiger partial charge in [-0.2, -0.15) is 5.26 Å². The number of aldehydes is 1. The first-order valence-corrected chi connectivity index (χ1v) is 9.56. The monoisotopic (exact) mass is 369 g/mol. The highest BCUT2D eigenvalue weighted by Crippen LogP contribution is 2.63. The Kier molecular flexibility index (Phi) is 3.56. The molecule has 4 rings (SSSR count). The summed E-state index contributed by atoms with van der Waals surface area (Å²) >= 11 is 0. The maximum Gasteiger partial charge on any atom is 0.231 e. The second kappa shape index (κ2) is 5.58. The molecule has 0 aromatic heterocycles. The molecule has 0 radical (unpaired) electrons. The lowest BCUT2D eigenvalue weighted by Crippen LogP contribution is -2.16. The van der Waals surface area contributed by atoms with Crippen molar-refractivity contribution in [3.63, 3.8) is 0 Å². The lowest BCUT2D eigenvalue weighted by Gasteiger charge is -2.05. The van der Waals surface area contributed by atoms with Gasteiger partial charge in [-0.15, -0.1) is 0 Å². The number of carbonyl (C=O) groups excluding carboxylic acids is 1. The molecule has 1 aliphatic carbocycles. The molecule has 1 fully saturated rings. The van der Waals surface area contributed by atoms with Crippen LogP contribution in [0.15, 0.2) is 47.4 Å². The van der Waals surface area contributed by atoms with Crippen LogP contribution in [0.1, 0.15) is 17.0 Å². The fourth-order valence-corrected chi connectivity index (χ4v) is 5.78. The molecule has 132 valence electrons. The van der Waals surface area contributed by atoms with Gasteiger partial charge in [0.25, 0.3) is 0 Å². The smallest absolute Gasteiger partial charge is 0.231 e. The molecule has 1 aliphatic heterocycles. The summed E-state index contributed by atoms with van der Waals surface area (Å²) in [6.45, 7) is 1.94. The minimum atomic E-state index is -3.85. The molecule has 0 N–H and O–H groups in total. The number of carbonyl (C=O) groups is 1. The van der Waals surface area contributed by atoms with Gasteiger partial charge < -0.3 is 14.3 Å². The van der Waals surface area contributed by atoms with Crippen molar-refractivity contribution in [3.05, 3.63) is 53.6 Å². The highest BCUT2D eigenvalue weighted by atomic mass is 32.2. The molecule has 2 aromatic carbocycles. The van der Waals surface area contributed by atoms with Crippen LogP contribution in [-0.2, 0) is 14.6 Å². The number of hydrogen-bond donors (Lipinski definition) is 0. The Morgan fingerprint density at radius 1 is 1.15 bits per heavy atom. The largest absolute Gasteiger partial charge is 0.454 e. The van der Waals surface area contributed by atoms with Crippen molar-refractivity contribution in [1.82, 2.24) is 0 Å². The SMILES string of the molecule is Cc1ccc(S(=O)(=O)[C@H]2[C@H](c3ccc4c(c3)OCO4)[C@]2(C#N)C=O)cc1. The van der Waals surface area contributed by atoms with Crippen molar-refractivity contribution in [2.75, 3.05) is 6.79 Å². The van der Waals surface area contributed by atoms with E-state index in [1.165, 1.54) is 12.1 Å². The van der Waals surface area contributed by atoms with Crippen LogP contribution in [0.5, 0.6) is 11.5 Å². The number of ether oxygens (including phenoxy) is 2. The first-order valence-electron chi connectivity index (χ1n) is 8.02. The summed E-state index contributed by atoms with van der Waals surface area (Å²) in [5.74, 6) is 0.297. The van der Waals surface area contributed by atoms with Gasteiger partial charge >= 0.3 is 0 Å². The van der Waals surface area contributed by atoms with E-state index in [0.29, 0.717) is 23.3 Å².